The summed E-state index contributed by atoms with van der Waals surface area (Å²) in [4.78, 5) is 6.60. The van der Waals surface area contributed by atoms with Crippen molar-refractivity contribution in [2.75, 3.05) is 13.6 Å². The molecule has 1 aromatic heterocycles. The van der Waals surface area contributed by atoms with Crippen LogP contribution in [0.15, 0.2) is 30.5 Å². The van der Waals surface area contributed by atoms with Crippen molar-refractivity contribution in [3.8, 4) is 0 Å². The molecule has 3 rings (SSSR count). The van der Waals surface area contributed by atoms with E-state index < -0.39 is 0 Å². The van der Waals surface area contributed by atoms with Gasteiger partial charge in [0, 0.05) is 29.7 Å². The molecule has 0 spiro atoms. The second-order valence-corrected chi connectivity index (χ2v) is 6.11. The number of halogens is 1. The summed E-state index contributed by atoms with van der Waals surface area (Å²) in [7, 11) is 2.04. The van der Waals surface area contributed by atoms with Gasteiger partial charge in [-0.1, -0.05) is 17.7 Å². The highest BCUT2D eigenvalue weighted by Crippen LogP contribution is 2.33. The number of fused-ring (bicyclic) bond motifs is 1. The number of rotatable bonds is 5. The topological polar surface area (TPSA) is 36.4 Å². The van der Waals surface area contributed by atoms with Gasteiger partial charge in [-0.25, -0.2) is 0 Å². The van der Waals surface area contributed by atoms with Crippen LogP contribution in [0.2, 0.25) is 5.02 Å². The number of hydrogen-bond acceptors (Lipinski definition) is 3. The van der Waals surface area contributed by atoms with Crippen molar-refractivity contribution in [3.05, 3.63) is 41.0 Å². The van der Waals surface area contributed by atoms with E-state index in [-0.39, 0.29) is 6.10 Å². The molecule has 1 aliphatic rings. The first-order valence-corrected chi connectivity index (χ1v) is 7.41. The first kappa shape index (κ1) is 13.8. The van der Waals surface area contributed by atoms with Gasteiger partial charge < -0.3 is 5.11 Å². The van der Waals surface area contributed by atoms with Crippen LogP contribution in [0.25, 0.3) is 10.9 Å². The van der Waals surface area contributed by atoms with E-state index >= 15 is 0 Å². The SMILES string of the molecule is CN(Cc1ccc(Cl)c2cccnc12)CC(O)C1CC1. The van der Waals surface area contributed by atoms with E-state index in [1.165, 1.54) is 12.8 Å². The minimum Gasteiger partial charge on any atom is -0.392 e. The fraction of sp³-hybridized carbons (Fsp3) is 0.438. The van der Waals surface area contributed by atoms with Crippen LogP contribution in [0, 0.1) is 5.92 Å². The molecule has 1 atom stereocenters. The summed E-state index contributed by atoms with van der Waals surface area (Å²) in [5.74, 6) is 0.512. The van der Waals surface area contributed by atoms with Gasteiger partial charge in [-0.2, -0.15) is 0 Å². The molecule has 4 heteroatoms. The average Bonchev–Trinajstić information content (AvgIpc) is 3.27. The molecule has 2 aromatic rings. The molecule has 1 unspecified atom stereocenters. The number of aliphatic hydroxyl groups is 1. The molecule has 1 aromatic carbocycles. The minimum atomic E-state index is -0.202. The van der Waals surface area contributed by atoms with Crippen LogP contribution in [-0.4, -0.2) is 34.7 Å². The van der Waals surface area contributed by atoms with Crippen molar-refractivity contribution in [1.29, 1.82) is 0 Å². The first-order valence-electron chi connectivity index (χ1n) is 7.04. The van der Waals surface area contributed by atoms with Crippen LogP contribution in [0.5, 0.6) is 0 Å². The molecular formula is C16H19ClN2O. The quantitative estimate of drug-likeness (QED) is 0.919. The zero-order chi connectivity index (χ0) is 14.1. The van der Waals surface area contributed by atoms with Gasteiger partial charge in [0.2, 0.25) is 0 Å². The summed E-state index contributed by atoms with van der Waals surface area (Å²) in [5.41, 5.74) is 2.10. The molecule has 1 N–H and O–H groups in total. The van der Waals surface area contributed by atoms with Crippen molar-refractivity contribution in [2.24, 2.45) is 5.92 Å². The van der Waals surface area contributed by atoms with E-state index in [0.717, 1.165) is 28.0 Å². The molecule has 0 radical (unpaired) electrons. The predicted octanol–water partition coefficient (Wildman–Crippen LogP) is 3.09. The Kier molecular flexibility index (Phi) is 3.92. The number of likely N-dealkylation sites (N-methyl/N-ethyl adjacent to an activating group) is 1. The smallest absolute Gasteiger partial charge is 0.0761 e. The normalized spacial score (nSPS) is 16.8. The van der Waals surface area contributed by atoms with Gasteiger partial charge in [0.15, 0.2) is 0 Å². The molecule has 106 valence electrons. The molecule has 3 nitrogen and oxygen atoms in total. The number of pyridine rings is 1. The Bertz CT molecular complexity index is 612. The summed E-state index contributed by atoms with van der Waals surface area (Å²) in [6, 6.07) is 7.84. The lowest BCUT2D eigenvalue weighted by molar-refractivity contribution is 0.104. The molecule has 1 fully saturated rings. The maximum atomic E-state index is 10.0. The summed E-state index contributed by atoms with van der Waals surface area (Å²) < 4.78 is 0. The third kappa shape index (κ3) is 2.95. The third-order valence-corrected chi connectivity index (χ3v) is 4.23. The van der Waals surface area contributed by atoms with Gasteiger partial charge in [-0.15, -0.1) is 0 Å². The summed E-state index contributed by atoms with van der Waals surface area (Å²) >= 11 is 6.21. The lowest BCUT2D eigenvalue weighted by Gasteiger charge is -2.21. The Balaban J connectivity index is 1.78. The van der Waals surface area contributed by atoms with E-state index in [9.17, 15) is 5.11 Å². The van der Waals surface area contributed by atoms with Crippen LogP contribution in [0.3, 0.4) is 0 Å². The van der Waals surface area contributed by atoms with E-state index in [1.807, 2.05) is 31.3 Å². The lowest BCUT2D eigenvalue weighted by Crippen LogP contribution is -2.30. The number of aromatic nitrogens is 1. The van der Waals surface area contributed by atoms with Gasteiger partial charge >= 0.3 is 0 Å². The van der Waals surface area contributed by atoms with Gasteiger partial charge in [0.25, 0.3) is 0 Å². The van der Waals surface area contributed by atoms with E-state index in [1.54, 1.807) is 6.20 Å². The highest BCUT2D eigenvalue weighted by molar-refractivity contribution is 6.35. The fourth-order valence-corrected chi connectivity index (χ4v) is 2.84. The van der Waals surface area contributed by atoms with Gasteiger partial charge in [0.1, 0.15) is 0 Å². The molecule has 20 heavy (non-hydrogen) atoms. The van der Waals surface area contributed by atoms with Crippen molar-refractivity contribution in [3.63, 3.8) is 0 Å². The molecular weight excluding hydrogens is 272 g/mol. The highest BCUT2D eigenvalue weighted by atomic mass is 35.5. The maximum Gasteiger partial charge on any atom is 0.0761 e. The molecule has 0 saturated heterocycles. The molecule has 1 heterocycles. The van der Waals surface area contributed by atoms with Crippen LogP contribution in [0.1, 0.15) is 18.4 Å². The first-order chi connectivity index (χ1) is 9.65. The molecule has 1 aliphatic carbocycles. The Morgan fingerprint density at radius 3 is 2.95 bits per heavy atom. The molecule has 0 bridgehead atoms. The second-order valence-electron chi connectivity index (χ2n) is 5.71. The van der Waals surface area contributed by atoms with E-state index in [2.05, 4.69) is 9.88 Å². The van der Waals surface area contributed by atoms with Gasteiger partial charge in [-0.3, -0.25) is 9.88 Å². The van der Waals surface area contributed by atoms with Crippen LogP contribution < -0.4 is 0 Å². The zero-order valence-electron chi connectivity index (χ0n) is 11.6. The number of benzene rings is 1. The Morgan fingerprint density at radius 2 is 2.20 bits per heavy atom. The summed E-state index contributed by atoms with van der Waals surface area (Å²) in [6.07, 6.45) is 3.92. The van der Waals surface area contributed by atoms with Gasteiger partial charge in [-0.05, 0) is 49.6 Å². The summed E-state index contributed by atoms with van der Waals surface area (Å²) in [6.45, 7) is 1.48. The van der Waals surface area contributed by atoms with E-state index in [4.69, 9.17) is 11.6 Å². The summed E-state index contributed by atoms with van der Waals surface area (Å²) in [5, 5.41) is 11.7. The largest absolute Gasteiger partial charge is 0.392 e. The number of aliphatic hydroxyl groups excluding tert-OH is 1. The Hall–Kier alpha value is -1.16. The van der Waals surface area contributed by atoms with Crippen molar-refractivity contribution < 1.29 is 5.11 Å². The monoisotopic (exact) mass is 290 g/mol. The molecule has 0 aliphatic heterocycles. The third-order valence-electron chi connectivity index (χ3n) is 3.91. The number of hydrogen-bond donors (Lipinski definition) is 1. The lowest BCUT2D eigenvalue weighted by atomic mass is 10.1. The van der Waals surface area contributed by atoms with Crippen LogP contribution >= 0.6 is 11.6 Å². The van der Waals surface area contributed by atoms with E-state index in [0.29, 0.717) is 12.5 Å². The van der Waals surface area contributed by atoms with Crippen molar-refractivity contribution >= 4 is 22.5 Å². The Morgan fingerprint density at radius 1 is 1.40 bits per heavy atom. The van der Waals surface area contributed by atoms with Gasteiger partial charge in [0.05, 0.1) is 11.6 Å². The van der Waals surface area contributed by atoms with Crippen LogP contribution in [0.4, 0.5) is 0 Å². The highest BCUT2D eigenvalue weighted by Gasteiger charge is 2.30. The average molecular weight is 291 g/mol. The second kappa shape index (κ2) is 5.68. The minimum absolute atomic E-state index is 0.202. The maximum absolute atomic E-state index is 10.0. The Labute approximate surface area is 124 Å². The fourth-order valence-electron chi connectivity index (χ4n) is 2.63. The van der Waals surface area contributed by atoms with Crippen molar-refractivity contribution in [1.82, 2.24) is 9.88 Å². The van der Waals surface area contributed by atoms with Crippen molar-refractivity contribution in [2.45, 2.75) is 25.5 Å². The molecule has 0 amide bonds. The number of nitrogens with zero attached hydrogens (tertiary/aromatic N) is 2. The van der Waals surface area contributed by atoms with Crippen LogP contribution in [-0.2, 0) is 6.54 Å². The zero-order valence-corrected chi connectivity index (χ0v) is 12.3. The standard InChI is InChI=1S/C16H19ClN2O/c1-19(10-15(20)11-4-5-11)9-12-6-7-14(17)13-3-2-8-18-16(12)13/h2-3,6-8,11,15,20H,4-5,9-10H2,1H3. The molecule has 1 saturated carbocycles. The predicted molar refractivity (Wildman–Crippen MR) is 81.8 cm³/mol.